The minimum Gasteiger partial charge on any atom is -0.351 e. The quantitative estimate of drug-likeness (QED) is 0.741. The molecule has 0 fully saturated rings. The summed E-state index contributed by atoms with van der Waals surface area (Å²) in [6.45, 7) is 2.50. The fourth-order valence-electron chi connectivity index (χ4n) is 1.29. The molecule has 5 heteroatoms. The van der Waals surface area contributed by atoms with Gasteiger partial charge in [-0.2, -0.15) is 0 Å². The molecule has 0 unspecified atom stereocenters. The molecule has 0 saturated carbocycles. The zero-order valence-corrected chi connectivity index (χ0v) is 7.97. The summed E-state index contributed by atoms with van der Waals surface area (Å²) < 4.78 is 2.04. The third-order valence-corrected chi connectivity index (χ3v) is 2.84. The van der Waals surface area contributed by atoms with Crippen LogP contribution < -0.4 is 5.32 Å². The summed E-state index contributed by atoms with van der Waals surface area (Å²) in [5.74, 6) is 0.876. The Hall–Kier alpha value is -1.36. The highest BCUT2D eigenvalue weighted by Crippen LogP contribution is 2.17. The maximum Gasteiger partial charge on any atom is 0.207 e. The van der Waals surface area contributed by atoms with E-state index in [0.717, 1.165) is 16.3 Å². The van der Waals surface area contributed by atoms with Gasteiger partial charge in [-0.05, 0) is 6.92 Å². The summed E-state index contributed by atoms with van der Waals surface area (Å²) in [5.41, 5.74) is 1.15. The number of fused-ring (bicyclic) bond motifs is 1. The largest absolute Gasteiger partial charge is 0.351 e. The number of amides is 1. The molecule has 2 heterocycles. The van der Waals surface area contributed by atoms with Crippen molar-refractivity contribution in [2.75, 3.05) is 0 Å². The first-order valence-electron chi connectivity index (χ1n) is 3.90. The topological polar surface area (TPSA) is 46.4 Å². The molecule has 4 nitrogen and oxygen atoms in total. The highest BCUT2D eigenvalue weighted by Gasteiger charge is 2.05. The third-order valence-electron chi connectivity index (χ3n) is 1.85. The smallest absolute Gasteiger partial charge is 0.207 e. The van der Waals surface area contributed by atoms with E-state index < -0.39 is 0 Å². The standard InChI is InChI=1S/C8H9N3OS/c1-6-4-13-8-3-10-7(11(6)8)2-9-5-12/h3-5H,2H2,1H3,(H,9,12). The average Bonchev–Trinajstić information content (AvgIpc) is 2.67. The molecule has 2 rings (SSSR count). The summed E-state index contributed by atoms with van der Waals surface area (Å²) in [7, 11) is 0. The van der Waals surface area contributed by atoms with Crippen molar-refractivity contribution in [3.63, 3.8) is 0 Å². The first-order valence-corrected chi connectivity index (χ1v) is 4.78. The minimum absolute atomic E-state index is 0.481. The van der Waals surface area contributed by atoms with Crippen LogP contribution in [0.4, 0.5) is 0 Å². The predicted octanol–water partition coefficient (Wildman–Crippen LogP) is 0.950. The molecule has 0 atom stereocenters. The molecule has 0 aromatic carbocycles. The van der Waals surface area contributed by atoms with Crippen LogP contribution in [0.5, 0.6) is 0 Å². The molecular weight excluding hydrogens is 186 g/mol. The second-order valence-electron chi connectivity index (χ2n) is 2.72. The number of aromatic nitrogens is 2. The summed E-state index contributed by atoms with van der Waals surface area (Å²) in [4.78, 5) is 15.4. The molecule has 2 aromatic rings. The lowest BCUT2D eigenvalue weighted by atomic mass is 10.5. The third kappa shape index (κ3) is 1.31. The van der Waals surface area contributed by atoms with Crippen LogP contribution >= 0.6 is 11.3 Å². The van der Waals surface area contributed by atoms with E-state index in [1.807, 2.05) is 17.5 Å². The number of carbonyl (C=O) groups excluding carboxylic acids is 1. The molecule has 1 N–H and O–H groups in total. The van der Waals surface area contributed by atoms with E-state index in [4.69, 9.17) is 0 Å². The Balaban J connectivity index is 2.43. The van der Waals surface area contributed by atoms with Crippen molar-refractivity contribution in [3.8, 4) is 0 Å². The van der Waals surface area contributed by atoms with Gasteiger partial charge < -0.3 is 5.32 Å². The van der Waals surface area contributed by atoms with E-state index in [1.54, 1.807) is 11.3 Å². The molecule has 0 radical (unpaired) electrons. The lowest BCUT2D eigenvalue weighted by molar-refractivity contribution is -0.109. The van der Waals surface area contributed by atoms with Crippen molar-refractivity contribution in [3.05, 3.63) is 23.1 Å². The number of nitrogens with one attached hydrogen (secondary N) is 1. The fourth-order valence-corrected chi connectivity index (χ4v) is 2.15. The second kappa shape index (κ2) is 3.18. The van der Waals surface area contributed by atoms with Crippen LogP contribution in [0.3, 0.4) is 0 Å². The van der Waals surface area contributed by atoms with Crippen molar-refractivity contribution in [1.29, 1.82) is 0 Å². The van der Waals surface area contributed by atoms with Crippen LogP contribution in [-0.4, -0.2) is 15.8 Å². The maximum absolute atomic E-state index is 10.1. The van der Waals surface area contributed by atoms with Gasteiger partial charge >= 0.3 is 0 Å². The summed E-state index contributed by atoms with van der Waals surface area (Å²) in [6, 6.07) is 0. The number of carbonyl (C=O) groups is 1. The van der Waals surface area contributed by atoms with E-state index in [-0.39, 0.29) is 0 Å². The normalized spacial score (nSPS) is 10.5. The fraction of sp³-hybridized carbons (Fsp3) is 0.250. The van der Waals surface area contributed by atoms with Gasteiger partial charge in [-0.1, -0.05) is 0 Å². The van der Waals surface area contributed by atoms with E-state index in [1.165, 1.54) is 0 Å². The Bertz CT molecular complexity index is 431. The van der Waals surface area contributed by atoms with Crippen molar-refractivity contribution >= 4 is 22.6 Å². The highest BCUT2D eigenvalue weighted by atomic mass is 32.1. The van der Waals surface area contributed by atoms with Crippen molar-refractivity contribution in [2.24, 2.45) is 0 Å². The Kier molecular flexibility index (Phi) is 2.02. The maximum atomic E-state index is 10.1. The van der Waals surface area contributed by atoms with Crippen LogP contribution in [0.15, 0.2) is 11.6 Å². The first-order chi connectivity index (χ1) is 6.33. The Morgan fingerprint density at radius 1 is 1.77 bits per heavy atom. The number of imidazole rings is 1. The number of nitrogens with zero attached hydrogens (tertiary/aromatic N) is 2. The van der Waals surface area contributed by atoms with Gasteiger partial charge in [0, 0.05) is 11.1 Å². The zero-order valence-electron chi connectivity index (χ0n) is 7.15. The monoisotopic (exact) mass is 195 g/mol. The number of thiazole rings is 1. The average molecular weight is 195 g/mol. The lowest BCUT2D eigenvalue weighted by Gasteiger charge is -1.97. The van der Waals surface area contributed by atoms with Gasteiger partial charge in [0.1, 0.15) is 10.7 Å². The van der Waals surface area contributed by atoms with E-state index in [0.29, 0.717) is 13.0 Å². The van der Waals surface area contributed by atoms with Gasteiger partial charge in [-0.25, -0.2) is 4.98 Å². The molecule has 0 aliphatic rings. The Morgan fingerprint density at radius 3 is 3.38 bits per heavy atom. The molecule has 68 valence electrons. The van der Waals surface area contributed by atoms with Crippen LogP contribution in [0, 0.1) is 6.92 Å². The van der Waals surface area contributed by atoms with Crippen LogP contribution in [0.25, 0.3) is 4.83 Å². The molecular formula is C8H9N3OS. The Labute approximate surface area is 79.2 Å². The summed E-state index contributed by atoms with van der Waals surface area (Å²) in [6.07, 6.45) is 2.50. The predicted molar refractivity (Wildman–Crippen MR) is 50.7 cm³/mol. The van der Waals surface area contributed by atoms with E-state index >= 15 is 0 Å². The lowest BCUT2D eigenvalue weighted by Crippen LogP contribution is -2.12. The molecule has 13 heavy (non-hydrogen) atoms. The van der Waals surface area contributed by atoms with Gasteiger partial charge in [0.25, 0.3) is 0 Å². The van der Waals surface area contributed by atoms with Gasteiger partial charge in [0.2, 0.25) is 6.41 Å². The molecule has 0 aliphatic heterocycles. The van der Waals surface area contributed by atoms with Gasteiger partial charge in [-0.3, -0.25) is 9.20 Å². The molecule has 0 aliphatic carbocycles. The minimum atomic E-state index is 0.481. The number of aryl methyl sites for hydroxylation is 1. The highest BCUT2D eigenvalue weighted by molar-refractivity contribution is 7.15. The van der Waals surface area contributed by atoms with Crippen LogP contribution in [-0.2, 0) is 11.3 Å². The summed E-state index contributed by atoms with van der Waals surface area (Å²) in [5, 5.41) is 4.67. The molecule has 0 spiro atoms. The van der Waals surface area contributed by atoms with Gasteiger partial charge in [0.05, 0.1) is 12.7 Å². The van der Waals surface area contributed by atoms with Crippen molar-refractivity contribution in [2.45, 2.75) is 13.5 Å². The van der Waals surface area contributed by atoms with Crippen molar-refractivity contribution in [1.82, 2.24) is 14.7 Å². The first kappa shape index (κ1) is 8.25. The van der Waals surface area contributed by atoms with Crippen molar-refractivity contribution < 1.29 is 4.79 Å². The molecule has 2 aromatic heterocycles. The van der Waals surface area contributed by atoms with E-state index in [2.05, 4.69) is 15.7 Å². The Morgan fingerprint density at radius 2 is 2.62 bits per heavy atom. The molecule has 0 bridgehead atoms. The molecule has 0 saturated heterocycles. The number of hydrogen-bond donors (Lipinski definition) is 1. The van der Waals surface area contributed by atoms with Crippen LogP contribution in [0.1, 0.15) is 11.5 Å². The SMILES string of the molecule is Cc1csc2cnc(CNC=O)n12. The second-order valence-corrected chi connectivity index (χ2v) is 3.61. The number of hydrogen-bond acceptors (Lipinski definition) is 3. The summed E-state index contributed by atoms with van der Waals surface area (Å²) >= 11 is 1.65. The van der Waals surface area contributed by atoms with Gasteiger partial charge in [-0.15, -0.1) is 11.3 Å². The van der Waals surface area contributed by atoms with E-state index in [9.17, 15) is 4.79 Å². The van der Waals surface area contributed by atoms with Crippen LogP contribution in [0.2, 0.25) is 0 Å². The zero-order chi connectivity index (χ0) is 9.26. The molecule has 1 amide bonds. The van der Waals surface area contributed by atoms with Gasteiger partial charge in [0.15, 0.2) is 0 Å². The number of rotatable bonds is 3.